The summed E-state index contributed by atoms with van der Waals surface area (Å²) in [5.41, 5.74) is 0. The lowest BCUT2D eigenvalue weighted by atomic mass is 10.1. The Bertz CT molecular complexity index is 522. The Morgan fingerprint density at radius 3 is 2.19 bits per heavy atom. The van der Waals surface area contributed by atoms with Crippen molar-refractivity contribution < 1.29 is 18.9 Å². The summed E-state index contributed by atoms with van der Waals surface area (Å²) >= 11 is 0. The Hall–Kier alpha value is -1.62. The van der Waals surface area contributed by atoms with Crippen LogP contribution in [0.4, 0.5) is 0 Å². The van der Waals surface area contributed by atoms with Crippen molar-refractivity contribution in [1.29, 1.82) is 0 Å². The summed E-state index contributed by atoms with van der Waals surface area (Å²) in [6, 6.07) is 14.3. The zero-order chi connectivity index (χ0) is 14.8. The first kappa shape index (κ1) is 15.8. The number of benzene rings is 2. The van der Waals surface area contributed by atoms with Crippen molar-refractivity contribution in [2.45, 2.75) is 0 Å². The zero-order valence-corrected chi connectivity index (χ0v) is 12.4. The van der Waals surface area contributed by atoms with Gasteiger partial charge in [0, 0.05) is 12.5 Å². The van der Waals surface area contributed by atoms with Crippen molar-refractivity contribution >= 4 is 10.8 Å². The van der Waals surface area contributed by atoms with Gasteiger partial charge in [-0.2, -0.15) is 0 Å². The van der Waals surface area contributed by atoms with Crippen LogP contribution in [0, 0.1) is 0 Å². The Labute approximate surface area is 125 Å². The topological polar surface area (TPSA) is 36.9 Å². The first-order valence-corrected chi connectivity index (χ1v) is 7.17. The van der Waals surface area contributed by atoms with Crippen LogP contribution in [0.2, 0.25) is 0 Å². The molecule has 0 bridgehead atoms. The molecule has 2 aromatic rings. The Kier molecular flexibility index (Phi) is 7.01. The monoisotopic (exact) mass is 290 g/mol. The molecule has 0 unspecified atom stereocenters. The summed E-state index contributed by atoms with van der Waals surface area (Å²) in [6.07, 6.45) is 0. The van der Waals surface area contributed by atoms with E-state index in [4.69, 9.17) is 18.9 Å². The molecule has 0 heterocycles. The highest BCUT2D eigenvalue weighted by molar-refractivity contribution is 5.88. The highest BCUT2D eigenvalue weighted by Gasteiger charge is 2.00. The molecule has 0 amide bonds. The van der Waals surface area contributed by atoms with E-state index in [9.17, 15) is 0 Å². The maximum absolute atomic E-state index is 5.78. The van der Waals surface area contributed by atoms with Crippen molar-refractivity contribution in [2.24, 2.45) is 0 Å². The summed E-state index contributed by atoms with van der Waals surface area (Å²) in [7, 11) is 1.66. The molecule has 21 heavy (non-hydrogen) atoms. The van der Waals surface area contributed by atoms with E-state index in [-0.39, 0.29) is 0 Å². The SMILES string of the molecule is COCCOCCOCCOc1cccc2ccccc12. The smallest absolute Gasteiger partial charge is 0.127 e. The number of ether oxygens (including phenoxy) is 4. The number of fused-ring (bicyclic) bond motifs is 1. The minimum absolute atomic E-state index is 0.534. The molecule has 0 fully saturated rings. The molecule has 0 spiro atoms. The molecule has 2 aromatic carbocycles. The first-order valence-electron chi connectivity index (χ1n) is 7.17. The highest BCUT2D eigenvalue weighted by atomic mass is 16.6. The average molecular weight is 290 g/mol. The lowest BCUT2D eigenvalue weighted by molar-refractivity contribution is 0.0181. The third kappa shape index (κ3) is 5.34. The molecule has 0 saturated carbocycles. The molecule has 0 radical (unpaired) electrons. The van der Waals surface area contributed by atoms with Gasteiger partial charge in [0.15, 0.2) is 0 Å². The van der Waals surface area contributed by atoms with Gasteiger partial charge in [0.2, 0.25) is 0 Å². The predicted molar refractivity (Wildman–Crippen MR) is 83.0 cm³/mol. The molecule has 114 valence electrons. The lowest BCUT2D eigenvalue weighted by Crippen LogP contribution is -2.12. The third-order valence-electron chi connectivity index (χ3n) is 3.04. The van der Waals surface area contributed by atoms with Gasteiger partial charge in [0.05, 0.1) is 33.0 Å². The molecule has 0 N–H and O–H groups in total. The van der Waals surface area contributed by atoms with Crippen LogP contribution >= 0.6 is 0 Å². The normalized spacial score (nSPS) is 10.9. The predicted octanol–water partition coefficient (Wildman–Crippen LogP) is 2.90. The maximum Gasteiger partial charge on any atom is 0.127 e. The second-order valence-corrected chi connectivity index (χ2v) is 4.54. The molecule has 4 heteroatoms. The van der Waals surface area contributed by atoms with Crippen molar-refractivity contribution in [1.82, 2.24) is 0 Å². The van der Waals surface area contributed by atoms with Crippen LogP contribution < -0.4 is 4.74 Å². The number of hydrogen-bond donors (Lipinski definition) is 0. The van der Waals surface area contributed by atoms with Crippen molar-refractivity contribution in [3.05, 3.63) is 42.5 Å². The van der Waals surface area contributed by atoms with Crippen molar-refractivity contribution in [3.8, 4) is 5.75 Å². The molecule has 0 atom stereocenters. The van der Waals surface area contributed by atoms with E-state index in [2.05, 4.69) is 18.2 Å². The van der Waals surface area contributed by atoms with Gasteiger partial charge in [0.1, 0.15) is 12.4 Å². The first-order chi connectivity index (χ1) is 10.4. The van der Waals surface area contributed by atoms with Crippen LogP contribution in [-0.2, 0) is 14.2 Å². The van der Waals surface area contributed by atoms with Gasteiger partial charge >= 0.3 is 0 Å². The van der Waals surface area contributed by atoms with Gasteiger partial charge in [-0.25, -0.2) is 0 Å². The van der Waals surface area contributed by atoms with Gasteiger partial charge in [0.25, 0.3) is 0 Å². The molecular formula is C17H22O4. The van der Waals surface area contributed by atoms with Crippen LogP contribution in [0.3, 0.4) is 0 Å². The number of rotatable bonds is 10. The van der Waals surface area contributed by atoms with Crippen LogP contribution in [0.25, 0.3) is 10.8 Å². The molecule has 0 aliphatic carbocycles. The van der Waals surface area contributed by atoms with E-state index < -0.39 is 0 Å². The maximum atomic E-state index is 5.78. The third-order valence-corrected chi connectivity index (χ3v) is 3.04. The number of methoxy groups -OCH3 is 1. The fraction of sp³-hybridized carbons (Fsp3) is 0.412. The van der Waals surface area contributed by atoms with E-state index in [0.717, 1.165) is 11.1 Å². The zero-order valence-electron chi connectivity index (χ0n) is 12.4. The fourth-order valence-electron chi connectivity index (χ4n) is 2.00. The molecule has 0 aromatic heterocycles. The summed E-state index contributed by atoms with van der Waals surface area (Å²) in [6.45, 7) is 3.46. The number of hydrogen-bond acceptors (Lipinski definition) is 4. The Morgan fingerprint density at radius 2 is 1.38 bits per heavy atom. The van der Waals surface area contributed by atoms with Crippen LogP contribution in [0.1, 0.15) is 0 Å². The van der Waals surface area contributed by atoms with E-state index in [1.54, 1.807) is 7.11 Å². The molecule has 2 rings (SSSR count). The average Bonchev–Trinajstić information content (AvgIpc) is 2.53. The van der Waals surface area contributed by atoms with Crippen LogP contribution in [-0.4, -0.2) is 46.8 Å². The second-order valence-electron chi connectivity index (χ2n) is 4.54. The van der Waals surface area contributed by atoms with E-state index in [1.165, 1.54) is 5.39 Å². The summed E-state index contributed by atoms with van der Waals surface area (Å²) in [5.74, 6) is 0.896. The van der Waals surface area contributed by atoms with Crippen LogP contribution in [0.5, 0.6) is 5.75 Å². The minimum atomic E-state index is 0.534. The fourth-order valence-corrected chi connectivity index (χ4v) is 2.00. The minimum Gasteiger partial charge on any atom is -0.491 e. The van der Waals surface area contributed by atoms with Gasteiger partial charge < -0.3 is 18.9 Å². The molecule has 0 saturated heterocycles. The molecule has 4 nitrogen and oxygen atoms in total. The Morgan fingerprint density at radius 1 is 0.714 bits per heavy atom. The molecule has 0 aliphatic heterocycles. The summed E-state index contributed by atoms with van der Waals surface area (Å²) in [4.78, 5) is 0. The van der Waals surface area contributed by atoms with E-state index >= 15 is 0 Å². The second kappa shape index (κ2) is 9.34. The largest absolute Gasteiger partial charge is 0.491 e. The van der Waals surface area contributed by atoms with E-state index in [1.807, 2.05) is 24.3 Å². The van der Waals surface area contributed by atoms with Crippen LogP contribution in [0.15, 0.2) is 42.5 Å². The van der Waals surface area contributed by atoms with Gasteiger partial charge in [-0.1, -0.05) is 36.4 Å². The van der Waals surface area contributed by atoms with Gasteiger partial charge in [-0.15, -0.1) is 0 Å². The Balaban J connectivity index is 1.64. The lowest BCUT2D eigenvalue weighted by Gasteiger charge is -2.10. The van der Waals surface area contributed by atoms with Crippen molar-refractivity contribution in [3.63, 3.8) is 0 Å². The molecular weight excluding hydrogens is 268 g/mol. The van der Waals surface area contributed by atoms with Gasteiger partial charge in [-0.05, 0) is 11.5 Å². The van der Waals surface area contributed by atoms with Crippen molar-refractivity contribution in [2.75, 3.05) is 46.8 Å². The summed E-state index contributed by atoms with van der Waals surface area (Å²) < 4.78 is 21.4. The van der Waals surface area contributed by atoms with E-state index in [0.29, 0.717) is 39.6 Å². The highest BCUT2D eigenvalue weighted by Crippen LogP contribution is 2.24. The van der Waals surface area contributed by atoms with Gasteiger partial charge in [-0.3, -0.25) is 0 Å². The quantitative estimate of drug-likeness (QED) is 0.631. The summed E-state index contributed by atoms with van der Waals surface area (Å²) in [5, 5.41) is 2.31. The molecule has 0 aliphatic rings. The standard InChI is InChI=1S/C17H22O4/c1-18-9-10-19-11-12-20-13-14-21-17-8-4-6-15-5-2-3-7-16(15)17/h2-8H,9-14H2,1H3.